The number of aryl methyl sites for hydroxylation is 2. The summed E-state index contributed by atoms with van der Waals surface area (Å²) < 4.78 is 37.4. The number of aliphatic hydroxyl groups excluding tert-OH is 1. The van der Waals surface area contributed by atoms with Crippen molar-refractivity contribution in [2.24, 2.45) is 7.05 Å². The molecule has 1 rings (SSSR count). The fourth-order valence-electron chi connectivity index (χ4n) is 1.41. The number of imidazole rings is 1. The minimum Gasteiger partial charge on any atom is -0.393 e. The summed E-state index contributed by atoms with van der Waals surface area (Å²) in [5, 5.41) is 9.37. The zero-order valence-electron chi connectivity index (χ0n) is 9.04. The average Bonchev–Trinajstić information content (AvgIpc) is 2.57. The first kappa shape index (κ1) is 13.0. The number of aromatic nitrogens is 2. The third kappa shape index (κ3) is 4.65. The van der Waals surface area contributed by atoms with Gasteiger partial charge >= 0.3 is 6.18 Å². The van der Waals surface area contributed by atoms with Gasteiger partial charge in [0.15, 0.2) is 0 Å². The molecule has 16 heavy (non-hydrogen) atoms. The third-order valence-corrected chi connectivity index (χ3v) is 2.38. The van der Waals surface area contributed by atoms with Crippen LogP contribution in [-0.2, 0) is 13.5 Å². The Kier molecular flexibility index (Phi) is 4.35. The number of halogens is 3. The fraction of sp³-hybridized carbons (Fsp3) is 0.700. The van der Waals surface area contributed by atoms with E-state index in [-0.39, 0.29) is 6.42 Å². The SMILES string of the molecule is Cn1ccnc1CCC(O)CCC(F)(F)F. The van der Waals surface area contributed by atoms with E-state index in [0.717, 1.165) is 5.82 Å². The van der Waals surface area contributed by atoms with Gasteiger partial charge in [-0.15, -0.1) is 0 Å². The molecule has 0 radical (unpaired) electrons. The summed E-state index contributed by atoms with van der Waals surface area (Å²) in [7, 11) is 1.81. The molecule has 0 aliphatic rings. The van der Waals surface area contributed by atoms with E-state index >= 15 is 0 Å². The van der Waals surface area contributed by atoms with Crippen molar-refractivity contribution in [2.75, 3.05) is 0 Å². The van der Waals surface area contributed by atoms with Gasteiger partial charge in [0.1, 0.15) is 5.82 Å². The number of aliphatic hydroxyl groups is 1. The highest BCUT2D eigenvalue weighted by atomic mass is 19.4. The highest BCUT2D eigenvalue weighted by molar-refractivity contribution is 4.91. The molecule has 1 unspecified atom stereocenters. The van der Waals surface area contributed by atoms with Crippen molar-refractivity contribution in [1.29, 1.82) is 0 Å². The van der Waals surface area contributed by atoms with E-state index in [4.69, 9.17) is 0 Å². The summed E-state index contributed by atoms with van der Waals surface area (Å²) >= 11 is 0. The normalized spacial score (nSPS) is 14.1. The van der Waals surface area contributed by atoms with Crippen LogP contribution in [0.3, 0.4) is 0 Å². The maximum Gasteiger partial charge on any atom is 0.389 e. The zero-order valence-corrected chi connectivity index (χ0v) is 9.04. The average molecular weight is 236 g/mol. The van der Waals surface area contributed by atoms with Crippen LogP contribution in [0.4, 0.5) is 13.2 Å². The van der Waals surface area contributed by atoms with Gasteiger partial charge in [-0.1, -0.05) is 0 Å². The standard InChI is InChI=1S/C10H15F3N2O/c1-15-7-6-14-9(15)3-2-8(16)4-5-10(11,12)13/h6-8,16H,2-5H2,1H3. The molecule has 0 aliphatic heterocycles. The molecule has 1 aromatic rings. The summed E-state index contributed by atoms with van der Waals surface area (Å²) in [6.07, 6.45) is -2.11. The fourth-order valence-corrected chi connectivity index (χ4v) is 1.41. The predicted molar refractivity (Wildman–Crippen MR) is 52.8 cm³/mol. The molecule has 0 fully saturated rings. The van der Waals surface area contributed by atoms with Crippen molar-refractivity contribution in [3.63, 3.8) is 0 Å². The predicted octanol–water partition coefficient (Wildman–Crippen LogP) is 2.06. The van der Waals surface area contributed by atoms with Gasteiger partial charge in [-0.25, -0.2) is 4.98 Å². The topological polar surface area (TPSA) is 38.0 Å². The molecular formula is C10H15F3N2O. The molecule has 1 N–H and O–H groups in total. The smallest absolute Gasteiger partial charge is 0.389 e. The highest BCUT2D eigenvalue weighted by Crippen LogP contribution is 2.23. The van der Waals surface area contributed by atoms with Crippen LogP contribution in [0, 0.1) is 0 Å². The Balaban J connectivity index is 2.25. The molecule has 92 valence electrons. The van der Waals surface area contributed by atoms with Gasteiger partial charge < -0.3 is 9.67 Å². The Morgan fingerprint density at radius 2 is 2.12 bits per heavy atom. The van der Waals surface area contributed by atoms with Crippen LogP contribution in [-0.4, -0.2) is 26.9 Å². The van der Waals surface area contributed by atoms with Crippen LogP contribution < -0.4 is 0 Å². The quantitative estimate of drug-likeness (QED) is 0.849. The van der Waals surface area contributed by atoms with Gasteiger partial charge in [-0.2, -0.15) is 13.2 Å². The lowest BCUT2D eigenvalue weighted by Gasteiger charge is -2.11. The van der Waals surface area contributed by atoms with E-state index in [1.54, 1.807) is 17.0 Å². The summed E-state index contributed by atoms with van der Waals surface area (Å²) in [6, 6.07) is 0. The van der Waals surface area contributed by atoms with E-state index in [1.165, 1.54) is 0 Å². The summed E-state index contributed by atoms with van der Waals surface area (Å²) in [6.45, 7) is 0. The molecule has 6 heteroatoms. The van der Waals surface area contributed by atoms with Gasteiger partial charge in [-0.05, 0) is 12.8 Å². The second-order valence-electron chi connectivity index (χ2n) is 3.80. The Bertz CT molecular complexity index is 322. The minimum absolute atomic E-state index is 0.242. The van der Waals surface area contributed by atoms with Crippen LogP contribution in [0.5, 0.6) is 0 Å². The van der Waals surface area contributed by atoms with E-state index < -0.39 is 18.7 Å². The molecule has 1 atom stereocenters. The lowest BCUT2D eigenvalue weighted by molar-refractivity contribution is -0.140. The first-order valence-corrected chi connectivity index (χ1v) is 5.09. The van der Waals surface area contributed by atoms with Crippen LogP contribution in [0.1, 0.15) is 25.1 Å². The van der Waals surface area contributed by atoms with Crippen molar-refractivity contribution in [2.45, 2.75) is 38.0 Å². The lowest BCUT2D eigenvalue weighted by Crippen LogP contribution is -2.15. The first-order chi connectivity index (χ1) is 7.38. The van der Waals surface area contributed by atoms with Gasteiger partial charge in [0.2, 0.25) is 0 Å². The van der Waals surface area contributed by atoms with Gasteiger partial charge in [0, 0.05) is 32.3 Å². The Morgan fingerprint density at radius 3 is 2.62 bits per heavy atom. The minimum atomic E-state index is -4.19. The molecule has 0 aromatic carbocycles. The molecule has 0 spiro atoms. The van der Waals surface area contributed by atoms with Crippen molar-refractivity contribution >= 4 is 0 Å². The molecule has 0 amide bonds. The molecule has 1 heterocycles. The summed E-state index contributed by atoms with van der Waals surface area (Å²) in [5.41, 5.74) is 0. The number of hydrogen-bond donors (Lipinski definition) is 1. The Labute approximate surface area is 91.9 Å². The van der Waals surface area contributed by atoms with Crippen LogP contribution in [0.2, 0.25) is 0 Å². The number of alkyl halides is 3. The second-order valence-corrected chi connectivity index (χ2v) is 3.80. The monoisotopic (exact) mass is 236 g/mol. The molecule has 0 aliphatic carbocycles. The third-order valence-electron chi connectivity index (χ3n) is 2.38. The van der Waals surface area contributed by atoms with Crippen LogP contribution in [0.15, 0.2) is 12.4 Å². The van der Waals surface area contributed by atoms with Gasteiger partial charge in [0.05, 0.1) is 6.10 Å². The molecule has 0 saturated heterocycles. The molecular weight excluding hydrogens is 221 g/mol. The molecule has 0 bridgehead atoms. The number of hydrogen-bond acceptors (Lipinski definition) is 2. The van der Waals surface area contributed by atoms with Crippen molar-refractivity contribution in [3.05, 3.63) is 18.2 Å². The van der Waals surface area contributed by atoms with Crippen LogP contribution >= 0.6 is 0 Å². The maximum atomic E-state index is 11.9. The van der Waals surface area contributed by atoms with Crippen molar-refractivity contribution in [1.82, 2.24) is 9.55 Å². The maximum absolute atomic E-state index is 11.9. The van der Waals surface area contributed by atoms with Crippen LogP contribution in [0.25, 0.3) is 0 Å². The van der Waals surface area contributed by atoms with Gasteiger partial charge in [-0.3, -0.25) is 0 Å². The van der Waals surface area contributed by atoms with Crippen molar-refractivity contribution < 1.29 is 18.3 Å². The highest BCUT2D eigenvalue weighted by Gasteiger charge is 2.27. The largest absolute Gasteiger partial charge is 0.393 e. The number of nitrogens with zero attached hydrogens (tertiary/aromatic N) is 2. The second kappa shape index (κ2) is 5.34. The number of rotatable bonds is 5. The van der Waals surface area contributed by atoms with E-state index in [0.29, 0.717) is 12.8 Å². The Morgan fingerprint density at radius 1 is 1.44 bits per heavy atom. The van der Waals surface area contributed by atoms with E-state index in [1.807, 2.05) is 7.05 Å². The lowest BCUT2D eigenvalue weighted by atomic mass is 10.1. The summed E-state index contributed by atoms with van der Waals surface area (Å²) in [4.78, 5) is 4.03. The molecule has 1 aromatic heterocycles. The first-order valence-electron chi connectivity index (χ1n) is 5.09. The molecule has 3 nitrogen and oxygen atoms in total. The Hall–Kier alpha value is -1.04. The van der Waals surface area contributed by atoms with E-state index in [9.17, 15) is 18.3 Å². The summed E-state index contributed by atoms with van der Waals surface area (Å²) in [5.74, 6) is 0.769. The zero-order chi connectivity index (χ0) is 12.2. The van der Waals surface area contributed by atoms with E-state index in [2.05, 4.69) is 4.98 Å². The van der Waals surface area contributed by atoms with Crippen molar-refractivity contribution in [3.8, 4) is 0 Å². The molecule has 0 saturated carbocycles. The van der Waals surface area contributed by atoms with Gasteiger partial charge in [0.25, 0.3) is 0 Å².